The third-order valence-corrected chi connectivity index (χ3v) is 2.88. The van der Waals surface area contributed by atoms with Gasteiger partial charge in [-0.2, -0.15) is 0 Å². The van der Waals surface area contributed by atoms with E-state index in [1.807, 2.05) is 19.1 Å². The molecule has 1 amide bonds. The zero-order valence-corrected chi connectivity index (χ0v) is 8.79. The molecule has 4 heteroatoms. The molecule has 0 unspecified atom stereocenters. The average Bonchev–Trinajstić information content (AvgIpc) is 2.98. The van der Waals surface area contributed by atoms with Gasteiger partial charge in [-0.05, 0) is 37.5 Å². The van der Waals surface area contributed by atoms with E-state index < -0.39 is 0 Å². The molecule has 80 valence electrons. The fourth-order valence-corrected chi connectivity index (χ4v) is 1.53. The maximum absolute atomic E-state index is 11.8. The maximum Gasteiger partial charge on any atom is 0.233 e. The van der Waals surface area contributed by atoms with Gasteiger partial charge in [-0.1, -0.05) is 0 Å². The molecule has 3 N–H and O–H groups in total. The third-order valence-electron chi connectivity index (χ3n) is 2.88. The van der Waals surface area contributed by atoms with E-state index in [2.05, 4.69) is 10.3 Å². The zero-order valence-electron chi connectivity index (χ0n) is 8.79. The van der Waals surface area contributed by atoms with E-state index in [1.54, 1.807) is 6.20 Å². The predicted octanol–water partition coefficient (Wildman–Crippen LogP) is 1.07. The van der Waals surface area contributed by atoms with Gasteiger partial charge in [0.15, 0.2) is 0 Å². The summed E-state index contributed by atoms with van der Waals surface area (Å²) in [7, 11) is 0. The van der Waals surface area contributed by atoms with E-state index >= 15 is 0 Å². The largest absolute Gasteiger partial charge is 0.329 e. The first-order valence-corrected chi connectivity index (χ1v) is 5.10. The number of rotatable bonds is 3. The summed E-state index contributed by atoms with van der Waals surface area (Å²) in [6, 6.07) is 3.75. The fraction of sp³-hybridized carbons (Fsp3) is 0.455. The summed E-state index contributed by atoms with van der Waals surface area (Å²) in [6.45, 7) is 2.39. The highest BCUT2D eigenvalue weighted by Crippen LogP contribution is 2.45. The van der Waals surface area contributed by atoms with Crippen molar-refractivity contribution in [3.63, 3.8) is 0 Å². The molecular formula is C11H15N3O. The number of carbonyl (C=O) groups is 1. The molecule has 0 saturated heterocycles. The number of anilines is 1. The topological polar surface area (TPSA) is 68.0 Å². The highest BCUT2D eigenvalue weighted by Gasteiger charge is 2.48. The van der Waals surface area contributed by atoms with Crippen LogP contribution in [-0.2, 0) is 4.79 Å². The molecule has 0 radical (unpaired) electrons. The predicted molar refractivity (Wildman–Crippen MR) is 58.3 cm³/mol. The first-order chi connectivity index (χ1) is 7.16. The number of amides is 1. The Bertz CT molecular complexity index is 385. The molecule has 1 aliphatic carbocycles. The van der Waals surface area contributed by atoms with Crippen LogP contribution >= 0.6 is 0 Å². The summed E-state index contributed by atoms with van der Waals surface area (Å²) in [6.07, 6.45) is 3.47. The van der Waals surface area contributed by atoms with Gasteiger partial charge in [0.1, 0.15) is 5.82 Å². The van der Waals surface area contributed by atoms with Gasteiger partial charge in [-0.3, -0.25) is 4.79 Å². The van der Waals surface area contributed by atoms with Crippen molar-refractivity contribution in [1.82, 2.24) is 4.98 Å². The van der Waals surface area contributed by atoms with Gasteiger partial charge < -0.3 is 11.1 Å². The third kappa shape index (κ3) is 1.99. The number of nitrogens with two attached hydrogens (primary N) is 1. The molecule has 2 rings (SSSR count). The molecule has 1 aromatic rings. The van der Waals surface area contributed by atoms with Gasteiger partial charge in [0.2, 0.25) is 5.91 Å². The summed E-state index contributed by atoms with van der Waals surface area (Å²) in [5.74, 6) is 0.614. The molecule has 1 heterocycles. The summed E-state index contributed by atoms with van der Waals surface area (Å²) in [5, 5.41) is 2.81. The molecule has 0 atom stereocenters. The average molecular weight is 205 g/mol. The minimum atomic E-state index is -0.314. The van der Waals surface area contributed by atoms with E-state index in [9.17, 15) is 4.79 Å². The summed E-state index contributed by atoms with van der Waals surface area (Å²) >= 11 is 0. The zero-order chi connectivity index (χ0) is 10.9. The van der Waals surface area contributed by atoms with Crippen molar-refractivity contribution in [2.75, 3.05) is 11.9 Å². The molecule has 0 aliphatic heterocycles. The molecule has 4 nitrogen and oxygen atoms in total. The molecule has 0 spiro atoms. The highest BCUT2D eigenvalue weighted by atomic mass is 16.2. The molecule has 1 aliphatic rings. The molecule has 1 saturated carbocycles. The number of pyridine rings is 1. The Hall–Kier alpha value is -1.42. The SMILES string of the molecule is Cc1ccnc(NC(=O)C2(CN)CC2)c1. The lowest BCUT2D eigenvalue weighted by Gasteiger charge is -2.12. The van der Waals surface area contributed by atoms with Crippen LogP contribution in [0.4, 0.5) is 5.82 Å². The van der Waals surface area contributed by atoms with Crippen molar-refractivity contribution in [2.24, 2.45) is 11.1 Å². The Labute approximate surface area is 88.9 Å². The van der Waals surface area contributed by atoms with E-state index in [4.69, 9.17) is 5.73 Å². The van der Waals surface area contributed by atoms with Gasteiger partial charge >= 0.3 is 0 Å². The molecule has 15 heavy (non-hydrogen) atoms. The van der Waals surface area contributed by atoms with Crippen molar-refractivity contribution in [2.45, 2.75) is 19.8 Å². The molecule has 1 aromatic heterocycles. The maximum atomic E-state index is 11.8. The van der Waals surface area contributed by atoms with E-state index in [1.165, 1.54) is 0 Å². The van der Waals surface area contributed by atoms with Crippen molar-refractivity contribution in [1.29, 1.82) is 0 Å². The standard InChI is InChI=1S/C11H15N3O/c1-8-2-5-13-9(6-8)14-10(15)11(7-12)3-4-11/h2,5-6H,3-4,7,12H2,1H3,(H,13,14,15). The van der Waals surface area contributed by atoms with E-state index in [0.717, 1.165) is 18.4 Å². The van der Waals surface area contributed by atoms with Crippen molar-refractivity contribution >= 4 is 11.7 Å². The number of nitrogens with zero attached hydrogens (tertiary/aromatic N) is 1. The van der Waals surface area contributed by atoms with Crippen LogP contribution in [0, 0.1) is 12.3 Å². The number of hydrogen-bond donors (Lipinski definition) is 2. The number of hydrogen-bond acceptors (Lipinski definition) is 3. The second-order valence-corrected chi connectivity index (χ2v) is 4.16. The molecule has 0 bridgehead atoms. The fourth-order valence-electron chi connectivity index (χ4n) is 1.53. The normalized spacial score (nSPS) is 17.2. The first kappa shape index (κ1) is 10.1. The Morgan fingerprint density at radius 2 is 2.40 bits per heavy atom. The van der Waals surface area contributed by atoms with Crippen molar-refractivity contribution in [3.05, 3.63) is 23.9 Å². The van der Waals surface area contributed by atoms with Crippen LogP contribution in [0.3, 0.4) is 0 Å². The molecule has 1 fully saturated rings. The van der Waals surface area contributed by atoms with Crippen LogP contribution in [0.2, 0.25) is 0 Å². The molecular weight excluding hydrogens is 190 g/mol. The minimum Gasteiger partial charge on any atom is -0.329 e. The number of aromatic nitrogens is 1. The summed E-state index contributed by atoms with van der Waals surface area (Å²) in [4.78, 5) is 15.9. The van der Waals surface area contributed by atoms with Crippen LogP contribution in [0.15, 0.2) is 18.3 Å². The lowest BCUT2D eigenvalue weighted by atomic mass is 10.1. The lowest BCUT2D eigenvalue weighted by molar-refractivity contribution is -0.120. The number of carbonyl (C=O) groups excluding carboxylic acids is 1. The van der Waals surface area contributed by atoms with E-state index in [-0.39, 0.29) is 11.3 Å². The Kier molecular flexibility index (Phi) is 2.44. The van der Waals surface area contributed by atoms with Crippen molar-refractivity contribution < 1.29 is 4.79 Å². The van der Waals surface area contributed by atoms with Gasteiger partial charge in [-0.15, -0.1) is 0 Å². The van der Waals surface area contributed by atoms with Crippen LogP contribution in [-0.4, -0.2) is 17.4 Å². The Morgan fingerprint density at radius 3 is 2.93 bits per heavy atom. The second kappa shape index (κ2) is 3.62. The Morgan fingerprint density at radius 1 is 1.67 bits per heavy atom. The van der Waals surface area contributed by atoms with Gasteiger partial charge in [0, 0.05) is 12.7 Å². The Balaban J connectivity index is 2.06. The van der Waals surface area contributed by atoms with Gasteiger partial charge in [-0.25, -0.2) is 4.98 Å². The highest BCUT2D eigenvalue weighted by molar-refractivity contribution is 5.96. The lowest BCUT2D eigenvalue weighted by Crippen LogP contribution is -2.31. The summed E-state index contributed by atoms with van der Waals surface area (Å²) in [5.41, 5.74) is 6.34. The van der Waals surface area contributed by atoms with Crippen molar-refractivity contribution in [3.8, 4) is 0 Å². The van der Waals surface area contributed by atoms with Crippen LogP contribution in [0.25, 0.3) is 0 Å². The first-order valence-electron chi connectivity index (χ1n) is 5.10. The quantitative estimate of drug-likeness (QED) is 0.775. The second-order valence-electron chi connectivity index (χ2n) is 4.16. The van der Waals surface area contributed by atoms with Crippen LogP contribution in [0.1, 0.15) is 18.4 Å². The summed E-state index contributed by atoms with van der Waals surface area (Å²) < 4.78 is 0. The minimum absolute atomic E-state index is 0.00287. The van der Waals surface area contributed by atoms with Gasteiger partial charge in [0.05, 0.1) is 5.41 Å². The number of aryl methyl sites for hydroxylation is 1. The van der Waals surface area contributed by atoms with Crippen LogP contribution < -0.4 is 11.1 Å². The van der Waals surface area contributed by atoms with Gasteiger partial charge in [0.25, 0.3) is 0 Å². The smallest absolute Gasteiger partial charge is 0.233 e. The van der Waals surface area contributed by atoms with E-state index in [0.29, 0.717) is 12.4 Å². The number of nitrogens with one attached hydrogen (secondary N) is 1. The molecule has 0 aromatic carbocycles. The van der Waals surface area contributed by atoms with Crippen LogP contribution in [0.5, 0.6) is 0 Å². The monoisotopic (exact) mass is 205 g/mol.